The van der Waals surface area contributed by atoms with Crippen molar-refractivity contribution >= 4 is 35.5 Å². The zero-order valence-corrected chi connectivity index (χ0v) is 25.5. The summed E-state index contributed by atoms with van der Waals surface area (Å²) in [4.78, 5) is 48.0. The van der Waals surface area contributed by atoms with Crippen LogP contribution < -0.4 is 4.74 Å². The highest BCUT2D eigenvalue weighted by atomic mass is 35.5. The van der Waals surface area contributed by atoms with E-state index in [4.69, 9.17) is 44.8 Å². The maximum absolute atomic E-state index is 12.2. The smallest absolute Gasteiger partial charge is 0.303 e. The van der Waals surface area contributed by atoms with Gasteiger partial charge in [0.1, 0.15) is 36.8 Å². The van der Waals surface area contributed by atoms with Crippen LogP contribution in [0.5, 0.6) is 5.75 Å². The van der Waals surface area contributed by atoms with Crippen LogP contribution in [0.15, 0.2) is 42.5 Å². The molecule has 7 atom stereocenters. The van der Waals surface area contributed by atoms with E-state index in [1.807, 2.05) is 0 Å². The molecule has 2 aliphatic heterocycles. The van der Waals surface area contributed by atoms with Gasteiger partial charge in [0.2, 0.25) is 0 Å². The van der Waals surface area contributed by atoms with Crippen molar-refractivity contribution in [3.8, 4) is 5.75 Å². The van der Waals surface area contributed by atoms with Crippen LogP contribution in [-0.2, 0) is 47.6 Å². The van der Waals surface area contributed by atoms with Crippen molar-refractivity contribution in [3.05, 3.63) is 64.2 Å². The van der Waals surface area contributed by atoms with Gasteiger partial charge in [-0.15, -0.1) is 0 Å². The van der Waals surface area contributed by atoms with Crippen LogP contribution >= 0.6 is 11.6 Å². The molecular weight excluding hydrogens is 600 g/mol. The molecule has 2 aliphatic rings. The molecule has 1 unspecified atom stereocenters. The monoisotopic (exact) mass is 634 g/mol. The van der Waals surface area contributed by atoms with Gasteiger partial charge in [0.05, 0.1) is 13.2 Å². The molecule has 238 valence electrons. The summed E-state index contributed by atoms with van der Waals surface area (Å²) in [5.74, 6) is -2.18. The van der Waals surface area contributed by atoms with Gasteiger partial charge in [-0.25, -0.2) is 0 Å². The molecular formula is C31H35ClO12. The molecule has 0 radical (unpaired) electrons. The van der Waals surface area contributed by atoms with Crippen molar-refractivity contribution in [2.24, 2.45) is 0 Å². The second-order valence-electron chi connectivity index (χ2n) is 10.5. The molecule has 2 saturated heterocycles. The predicted molar refractivity (Wildman–Crippen MR) is 153 cm³/mol. The van der Waals surface area contributed by atoms with E-state index in [0.29, 0.717) is 35.7 Å². The largest absolute Gasteiger partial charge is 0.488 e. The number of carbonyl (C=O) groups is 4. The number of rotatable bonds is 10. The molecule has 2 aromatic carbocycles. The number of aliphatic hydroxyl groups is 1. The van der Waals surface area contributed by atoms with Gasteiger partial charge in [-0.1, -0.05) is 29.8 Å². The van der Waals surface area contributed by atoms with Crippen molar-refractivity contribution in [3.63, 3.8) is 0 Å². The molecule has 0 spiro atoms. The van der Waals surface area contributed by atoms with E-state index in [-0.39, 0.29) is 17.7 Å². The van der Waals surface area contributed by atoms with E-state index >= 15 is 0 Å². The van der Waals surface area contributed by atoms with Gasteiger partial charge in [0.25, 0.3) is 0 Å². The van der Waals surface area contributed by atoms with Crippen LogP contribution in [0.2, 0.25) is 5.02 Å². The fraction of sp³-hybridized carbons (Fsp3) is 0.484. The van der Waals surface area contributed by atoms with Crippen LogP contribution in [0.1, 0.15) is 63.0 Å². The zero-order chi connectivity index (χ0) is 32.0. The zero-order valence-electron chi connectivity index (χ0n) is 24.7. The molecule has 0 amide bonds. The first-order chi connectivity index (χ1) is 20.9. The number of benzene rings is 2. The summed E-state index contributed by atoms with van der Waals surface area (Å²) >= 11 is 6.53. The molecule has 13 heteroatoms. The number of aliphatic hydroxyl groups excluding tert-OH is 1. The van der Waals surface area contributed by atoms with Crippen molar-refractivity contribution in [2.45, 2.75) is 76.8 Å². The van der Waals surface area contributed by atoms with Crippen LogP contribution in [0.3, 0.4) is 0 Å². The van der Waals surface area contributed by atoms with Gasteiger partial charge in [0, 0.05) is 44.7 Å². The van der Waals surface area contributed by atoms with Gasteiger partial charge in [0.15, 0.2) is 18.3 Å². The summed E-state index contributed by atoms with van der Waals surface area (Å²) in [5, 5.41) is 11.6. The lowest BCUT2D eigenvalue weighted by molar-refractivity contribution is -0.254. The third kappa shape index (κ3) is 8.47. The molecule has 1 N–H and O–H groups in total. The number of esters is 4. The van der Waals surface area contributed by atoms with E-state index in [9.17, 15) is 24.3 Å². The Balaban J connectivity index is 1.69. The average Bonchev–Trinajstić information content (AvgIpc) is 3.47. The molecule has 2 fully saturated rings. The molecule has 2 heterocycles. The molecule has 4 rings (SSSR count). The molecule has 12 nitrogen and oxygen atoms in total. The summed E-state index contributed by atoms with van der Waals surface area (Å²) in [6.45, 7) is 5.46. The summed E-state index contributed by atoms with van der Waals surface area (Å²) in [5.41, 5.74) is 1.23. The van der Waals surface area contributed by atoms with E-state index in [1.54, 1.807) is 42.5 Å². The lowest BCUT2D eigenvalue weighted by atomic mass is 9.89. The van der Waals surface area contributed by atoms with Gasteiger partial charge in [-0.05, 0) is 35.4 Å². The predicted octanol–water partition coefficient (Wildman–Crippen LogP) is 3.39. The number of halogens is 1. The second kappa shape index (κ2) is 14.8. The quantitative estimate of drug-likeness (QED) is 0.301. The van der Waals surface area contributed by atoms with Gasteiger partial charge in [-0.3, -0.25) is 19.2 Å². The minimum atomic E-state index is -1.33. The third-order valence-electron chi connectivity index (χ3n) is 7.02. The van der Waals surface area contributed by atoms with E-state index in [0.717, 1.165) is 27.2 Å². The van der Waals surface area contributed by atoms with Gasteiger partial charge >= 0.3 is 23.9 Å². The van der Waals surface area contributed by atoms with Crippen molar-refractivity contribution in [2.75, 3.05) is 19.8 Å². The Bertz CT molecular complexity index is 1340. The molecule has 0 aromatic heterocycles. The lowest BCUT2D eigenvalue weighted by Crippen LogP contribution is -2.59. The number of hydrogen-bond acceptors (Lipinski definition) is 12. The minimum Gasteiger partial charge on any atom is -0.488 e. The fourth-order valence-electron chi connectivity index (χ4n) is 5.15. The van der Waals surface area contributed by atoms with E-state index in [2.05, 4.69) is 0 Å². The van der Waals surface area contributed by atoms with Crippen molar-refractivity contribution in [1.82, 2.24) is 0 Å². The van der Waals surface area contributed by atoms with Crippen LogP contribution in [-0.4, -0.2) is 79.3 Å². The number of hydrogen-bond donors (Lipinski definition) is 1. The minimum absolute atomic E-state index is 0.0292. The highest BCUT2D eigenvalue weighted by molar-refractivity contribution is 6.31. The van der Waals surface area contributed by atoms with Gasteiger partial charge < -0.3 is 38.3 Å². The molecule has 2 aromatic rings. The molecule has 44 heavy (non-hydrogen) atoms. The van der Waals surface area contributed by atoms with Crippen LogP contribution in [0.25, 0.3) is 0 Å². The van der Waals surface area contributed by atoms with Gasteiger partial charge in [-0.2, -0.15) is 0 Å². The summed E-state index contributed by atoms with van der Waals surface area (Å²) in [6.07, 6.45) is -6.56. The third-order valence-corrected chi connectivity index (χ3v) is 7.36. The topological polar surface area (TPSA) is 153 Å². The molecule has 0 saturated carbocycles. The highest BCUT2D eigenvalue weighted by Gasteiger charge is 2.52. The van der Waals surface area contributed by atoms with Crippen molar-refractivity contribution < 1.29 is 57.4 Å². The SMILES string of the molecule is CC(=O)OC[C@H]1O[C@@H](c2ccc(Cl)c(C(O)c3ccc(O[C@H]4CCOC4)cc3)c2)[C@H](OC(C)=O)[C@@H](OC(C)=O)[C@@H]1OC(C)=O. The summed E-state index contributed by atoms with van der Waals surface area (Å²) < 4.78 is 39.2. The summed E-state index contributed by atoms with van der Waals surface area (Å²) in [6, 6.07) is 11.6. The normalized spacial score (nSPS) is 25.4. The Labute approximate surface area is 259 Å². The standard InChI is InChI=1S/C31H35ClO12/c1-16(33)39-15-26-29(40-17(2)34)31(42-19(4)36)30(41-18(3)35)28(44-26)21-7-10-25(32)24(13-21)27(37)20-5-8-22(9-6-20)43-23-11-12-38-14-23/h5-10,13,23,26-31,37H,11-12,14-15H2,1-4H3/t23-,26+,27?,28-,29+,30-,31-/m0/s1. The maximum atomic E-state index is 12.2. The molecule has 0 bridgehead atoms. The first kappa shape index (κ1) is 33.2. The van der Waals surface area contributed by atoms with E-state index < -0.39 is 60.5 Å². The Hall–Kier alpha value is -3.71. The Kier molecular flexibility index (Phi) is 11.2. The first-order valence-corrected chi connectivity index (χ1v) is 14.4. The van der Waals surface area contributed by atoms with E-state index in [1.165, 1.54) is 6.92 Å². The maximum Gasteiger partial charge on any atom is 0.303 e. The highest BCUT2D eigenvalue weighted by Crippen LogP contribution is 2.40. The van der Waals surface area contributed by atoms with Crippen molar-refractivity contribution in [1.29, 1.82) is 0 Å². The fourth-order valence-corrected chi connectivity index (χ4v) is 5.37. The summed E-state index contributed by atoms with van der Waals surface area (Å²) in [7, 11) is 0. The first-order valence-electron chi connectivity index (χ1n) is 14.0. The number of carbonyl (C=O) groups excluding carboxylic acids is 4. The Morgan fingerprint density at radius 3 is 2.11 bits per heavy atom. The number of ether oxygens (including phenoxy) is 7. The molecule has 0 aliphatic carbocycles. The Morgan fingerprint density at radius 2 is 1.52 bits per heavy atom. The average molecular weight is 635 g/mol. The lowest BCUT2D eigenvalue weighted by Gasteiger charge is -2.44. The Morgan fingerprint density at radius 1 is 0.886 bits per heavy atom. The van der Waals surface area contributed by atoms with Crippen LogP contribution in [0.4, 0.5) is 0 Å². The van der Waals surface area contributed by atoms with Crippen LogP contribution in [0, 0.1) is 0 Å². The second-order valence-corrected chi connectivity index (χ2v) is 10.9.